The molecule has 0 N–H and O–H groups in total. The minimum atomic E-state index is -4.69. The summed E-state index contributed by atoms with van der Waals surface area (Å²) in [4.78, 5) is 26.3. The lowest BCUT2D eigenvalue weighted by Gasteiger charge is -2.09. The van der Waals surface area contributed by atoms with Crippen molar-refractivity contribution in [2.45, 2.75) is 25.4 Å². The number of pyridine rings is 1. The van der Waals surface area contributed by atoms with E-state index in [-0.39, 0.29) is 11.7 Å². The van der Waals surface area contributed by atoms with Crippen molar-refractivity contribution in [3.8, 4) is 0 Å². The fourth-order valence-electron chi connectivity index (χ4n) is 1.66. The van der Waals surface area contributed by atoms with Crippen LogP contribution in [-0.4, -0.2) is 16.6 Å². The van der Waals surface area contributed by atoms with E-state index in [0.29, 0.717) is 0 Å². The van der Waals surface area contributed by atoms with Gasteiger partial charge >= 0.3 is 6.18 Å². The molecule has 0 aromatic carbocycles. The van der Waals surface area contributed by atoms with Crippen molar-refractivity contribution < 1.29 is 22.8 Å². The van der Waals surface area contributed by atoms with E-state index < -0.39 is 29.6 Å². The summed E-state index contributed by atoms with van der Waals surface area (Å²) < 4.78 is 37.9. The van der Waals surface area contributed by atoms with E-state index in [4.69, 9.17) is 0 Å². The number of hydrogen-bond acceptors (Lipinski definition) is 3. The van der Waals surface area contributed by atoms with Gasteiger partial charge in [0, 0.05) is 17.7 Å². The normalized spacial score (nSPS) is 15.5. The molecule has 1 saturated carbocycles. The number of carbonyl (C=O) groups excluding carboxylic acids is 2. The van der Waals surface area contributed by atoms with Crippen molar-refractivity contribution >= 4 is 11.6 Å². The van der Waals surface area contributed by atoms with Crippen LogP contribution in [0.25, 0.3) is 0 Å². The van der Waals surface area contributed by atoms with Gasteiger partial charge in [-0.2, -0.15) is 13.2 Å². The second kappa shape index (κ2) is 4.51. The second-order valence-electron chi connectivity index (χ2n) is 4.24. The molecule has 0 saturated heterocycles. The first-order valence-electron chi connectivity index (χ1n) is 5.47. The maximum absolute atomic E-state index is 12.6. The summed E-state index contributed by atoms with van der Waals surface area (Å²) in [5.74, 6) is -1.23. The Morgan fingerprint density at radius 2 is 2.00 bits per heavy atom. The molecule has 0 aliphatic heterocycles. The molecule has 2 rings (SSSR count). The van der Waals surface area contributed by atoms with Crippen molar-refractivity contribution in [1.82, 2.24) is 4.98 Å². The number of ketones is 2. The molecule has 0 spiro atoms. The van der Waals surface area contributed by atoms with Crippen LogP contribution in [0.3, 0.4) is 0 Å². The van der Waals surface area contributed by atoms with Crippen LogP contribution in [0.1, 0.15) is 35.3 Å². The molecule has 96 valence electrons. The van der Waals surface area contributed by atoms with Crippen LogP contribution in [0, 0.1) is 5.92 Å². The SMILES string of the molecule is O=C(CC(=O)C1CC1)c1cccnc1C(F)(F)F. The molecule has 1 aromatic heterocycles. The summed E-state index contributed by atoms with van der Waals surface area (Å²) in [7, 11) is 0. The van der Waals surface area contributed by atoms with Gasteiger partial charge in [0.15, 0.2) is 11.5 Å². The van der Waals surface area contributed by atoms with Gasteiger partial charge in [-0.15, -0.1) is 0 Å². The molecule has 1 aromatic rings. The maximum Gasteiger partial charge on any atom is 0.434 e. The van der Waals surface area contributed by atoms with E-state index in [1.165, 1.54) is 6.07 Å². The smallest absolute Gasteiger partial charge is 0.299 e. The Balaban J connectivity index is 2.21. The van der Waals surface area contributed by atoms with Gasteiger partial charge in [0.2, 0.25) is 0 Å². The molecule has 0 amide bonds. The Morgan fingerprint density at radius 3 is 2.56 bits per heavy atom. The lowest BCUT2D eigenvalue weighted by atomic mass is 10.0. The highest BCUT2D eigenvalue weighted by Gasteiger charge is 2.38. The van der Waals surface area contributed by atoms with Crippen LogP contribution in [-0.2, 0) is 11.0 Å². The van der Waals surface area contributed by atoms with Crippen LogP contribution in [0.15, 0.2) is 18.3 Å². The average molecular weight is 257 g/mol. The maximum atomic E-state index is 12.6. The molecular weight excluding hydrogens is 247 g/mol. The Morgan fingerprint density at radius 1 is 1.33 bits per heavy atom. The number of carbonyl (C=O) groups is 2. The van der Waals surface area contributed by atoms with Gasteiger partial charge in [-0.05, 0) is 25.0 Å². The second-order valence-corrected chi connectivity index (χ2v) is 4.24. The molecule has 6 heteroatoms. The highest BCUT2D eigenvalue weighted by atomic mass is 19.4. The van der Waals surface area contributed by atoms with E-state index in [9.17, 15) is 22.8 Å². The number of Topliss-reactive ketones (excluding diaryl/α,β-unsaturated/α-hetero) is 2. The molecule has 1 aliphatic carbocycles. The topological polar surface area (TPSA) is 47.0 Å². The summed E-state index contributed by atoms with van der Waals surface area (Å²) in [5.41, 5.74) is -1.75. The molecular formula is C12H10F3NO2. The van der Waals surface area contributed by atoms with Crippen molar-refractivity contribution in [2.24, 2.45) is 5.92 Å². The lowest BCUT2D eigenvalue weighted by molar-refractivity contribution is -0.141. The van der Waals surface area contributed by atoms with E-state index in [1.807, 2.05) is 0 Å². The lowest BCUT2D eigenvalue weighted by Crippen LogP contribution is -2.17. The molecule has 1 heterocycles. The number of alkyl halides is 3. The molecule has 0 unspecified atom stereocenters. The third-order valence-electron chi connectivity index (χ3n) is 2.74. The standard InChI is InChI=1S/C12H10F3NO2/c13-12(14,15)11-8(2-1-5-16-11)10(18)6-9(17)7-3-4-7/h1-2,5,7H,3-4,6H2. The van der Waals surface area contributed by atoms with Crippen molar-refractivity contribution in [3.63, 3.8) is 0 Å². The highest BCUT2D eigenvalue weighted by Crippen LogP contribution is 2.33. The van der Waals surface area contributed by atoms with E-state index in [0.717, 1.165) is 25.1 Å². The fraction of sp³-hybridized carbons (Fsp3) is 0.417. The first kappa shape index (κ1) is 12.7. The summed E-state index contributed by atoms with van der Waals surface area (Å²) in [6.07, 6.45) is -2.73. The monoisotopic (exact) mass is 257 g/mol. The molecule has 18 heavy (non-hydrogen) atoms. The zero-order chi connectivity index (χ0) is 13.3. The number of halogens is 3. The number of aromatic nitrogens is 1. The van der Waals surface area contributed by atoms with E-state index in [2.05, 4.69) is 4.98 Å². The van der Waals surface area contributed by atoms with Gasteiger partial charge in [-0.1, -0.05) is 0 Å². The minimum Gasteiger partial charge on any atom is -0.299 e. The van der Waals surface area contributed by atoms with Crippen LogP contribution in [0.4, 0.5) is 13.2 Å². The highest BCUT2D eigenvalue weighted by molar-refractivity contribution is 6.09. The van der Waals surface area contributed by atoms with E-state index >= 15 is 0 Å². The van der Waals surface area contributed by atoms with E-state index in [1.54, 1.807) is 0 Å². The van der Waals surface area contributed by atoms with Gasteiger partial charge < -0.3 is 0 Å². The molecule has 1 fully saturated rings. The summed E-state index contributed by atoms with van der Waals surface area (Å²) >= 11 is 0. The van der Waals surface area contributed by atoms with Crippen LogP contribution in [0.2, 0.25) is 0 Å². The summed E-state index contributed by atoms with van der Waals surface area (Å²) in [5, 5.41) is 0. The van der Waals surface area contributed by atoms with Crippen molar-refractivity contribution in [2.75, 3.05) is 0 Å². The quantitative estimate of drug-likeness (QED) is 0.615. The van der Waals surface area contributed by atoms with Gasteiger partial charge in [-0.3, -0.25) is 14.6 Å². The van der Waals surface area contributed by atoms with Gasteiger partial charge in [0.1, 0.15) is 5.78 Å². The largest absolute Gasteiger partial charge is 0.434 e. The first-order valence-corrected chi connectivity index (χ1v) is 5.47. The van der Waals surface area contributed by atoms with Gasteiger partial charge in [0.25, 0.3) is 0 Å². The van der Waals surface area contributed by atoms with Gasteiger partial charge in [0.05, 0.1) is 6.42 Å². The Hall–Kier alpha value is -1.72. The first-order chi connectivity index (χ1) is 8.39. The van der Waals surface area contributed by atoms with Crippen LogP contribution >= 0.6 is 0 Å². The predicted octanol–water partition coefficient (Wildman–Crippen LogP) is 2.65. The number of hydrogen-bond donors (Lipinski definition) is 0. The predicted molar refractivity (Wildman–Crippen MR) is 55.9 cm³/mol. The van der Waals surface area contributed by atoms with Crippen LogP contribution in [0.5, 0.6) is 0 Å². The summed E-state index contributed by atoms with van der Waals surface area (Å²) in [6, 6.07) is 2.31. The third-order valence-corrected chi connectivity index (χ3v) is 2.74. The van der Waals surface area contributed by atoms with Crippen molar-refractivity contribution in [1.29, 1.82) is 0 Å². The fourth-order valence-corrected chi connectivity index (χ4v) is 1.66. The molecule has 3 nitrogen and oxygen atoms in total. The Kier molecular flexibility index (Phi) is 3.19. The summed E-state index contributed by atoms with van der Waals surface area (Å²) in [6.45, 7) is 0. The number of rotatable bonds is 4. The van der Waals surface area contributed by atoms with Crippen molar-refractivity contribution in [3.05, 3.63) is 29.6 Å². The Labute approximate surface area is 101 Å². The zero-order valence-electron chi connectivity index (χ0n) is 9.33. The zero-order valence-corrected chi connectivity index (χ0v) is 9.33. The molecule has 0 radical (unpaired) electrons. The molecule has 0 bridgehead atoms. The Bertz CT molecular complexity index is 492. The van der Waals surface area contributed by atoms with Crippen LogP contribution < -0.4 is 0 Å². The molecule has 0 atom stereocenters. The molecule has 1 aliphatic rings. The minimum absolute atomic E-state index is 0.139. The van der Waals surface area contributed by atoms with Gasteiger partial charge in [-0.25, -0.2) is 0 Å². The number of nitrogens with zero attached hydrogens (tertiary/aromatic N) is 1. The average Bonchev–Trinajstić information content (AvgIpc) is 3.11. The third kappa shape index (κ3) is 2.75.